The van der Waals surface area contributed by atoms with Crippen molar-refractivity contribution in [3.8, 4) is 16.9 Å². The Morgan fingerprint density at radius 1 is 1.09 bits per heavy atom. The van der Waals surface area contributed by atoms with Gasteiger partial charge in [0, 0.05) is 29.2 Å². The molecular formula is C26H26ClNO3S. The van der Waals surface area contributed by atoms with Crippen molar-refractivity contribution in [2.45, 2.75) is 54.9 Å². The zero-order valence-electron chi connectivity index (χ0n) is 18.1. The number of benzene rings is 2. The fourth-order valence-corrected chi connectivity index (χ4v) is 5.64. The molecule has 2 aliphatic carbocycles. The van der Waals surface area contributed by atoms with Crippen molar-refractivity contribution < 1.29 is 13.2 Å². The number of hydrogen-bond acceptors (Lipinski definition) is 4. The molecular weight excluding hydrogens is 442 g/mol. The average molecular weight is 468 g/mol. The molecule has 2 saturated carbocycles. The first kappa shape index (κ1) is 21.5. The number of hydrogen-bond donors (Lipinski definition) is 0. The van der Waals surface area contributed by atoms with Crippen molar-refractivity contribution in [3.63, 3.8) is 0 Å². The average Bonchev–Trinajstić information content (AvgIpc) is 3.69. The highest BCUT2D eigenvalue weighted by molar-refractivity contribution is 7.90. The molecule has 0 bridgehead atoms. The normalized spacial score (nSPS) is 17.2. The van der Waals surface area contributed by atoms with Gasteiger partial charge in [0.25, 0.3) is 0 Å². The van der Waals surface area contributed by atoms with E-state index in [4.69, 9.17) is 16.3 Å². The molecule has 0 aliphatic heterocycles. The molecule has 4 nitrogen and oxygen atoms in total. The SMILES string of the molecule is CS(=O)(=O)c1ccc(Cl)cc1CCC1(c2cnccc2-c2ccccc2OC2CC2)CC1. The summed E-state index contributed by atoms with van der Waals surface area (Å²) >= 11 is 6.20. The Labute approximate surface area is 194 Å². The number of aryl methyl sites for hydroxylation is 1. The maximum Gasteiger partial charge on any atom is 0.175 e. The van der Waals surface area contributed by atoms with Crippen molar-refractivity contribution in [1.29, 1.82) is 0 Å². The zero-order valence-corrected chi connectivity index (χ0v) is 19.6. The molecule has 3 aromatic rings. The second-order valence-corrected chi connectivity index (χ2v) is 11.5. The first-order valence-electron chi connectivity index (χ1n) is 11.0. The second kappa shape index (κ2) is 8.20. The molecule has 6 heteroatoms. The number of nitrogens with zero attached hydrogens (tertiary/aromatic N) is 1. The summed E-state index contributed by atoms with van der Waals surface area (Å²) in [5.41, 5.74) is 4.25. The van der Waals surface area contributed by atoms with Gasteiger partial charge in [0.05, 0.1) is 11.0 Å². The van der Waals surface area contributed by atoms with Crippen molar-refractivity contribution in [2.24, 2.45) is 0 Å². The van der Waals surface area contributed by atoms with Crippen LogP contribution in [0.5, 0.6) is 5.75 Å². The number of pyridine rings is 1. The summed E-state index contributed by atoms with van der Waals surface area (Å²) in [6.45, 7) is 0. The molecule has 2 aliphatic rings. The summed E-state index contributed by atoms with van der Waals surface area (Å²) in [5, 5.41) is 0.561. The van der Waals surface area contributed by atoms with E-state index in [1.807, 2.05) is 30.6 Å². The highest BCUT2D eigenvalue weighted by atomic mass is 35.5. The van der Waals surface area contributed by atoms with Gasteiger partial charge in [-0.3, -0.25) is 4.98 Å². The summed E-state index contributed by atoms with van der Waals surface area (Å²) in [4.78, 5) is 4.82. The lowest BCUT2D eigenvalue weighted by atomic mass is 9.85. The van der Waals surface area contributed by atoms with E-state index in [0.29, 0.717) is 22.4 Å². The van der Waals surface area contributed by atoms with E-state index < -0.39 is 9.84 Å². The van der Waals surface area contributed by atoms with Gasteiger partial charge in [-0.2, -0.15) is 0 Å². The minimum atomic E-state index is -3.31. The monoisotopic (exact) mass is 467 g/mol. The molecule has 2 aromatic carbocycles. The molecule has 0 radical (unpaired) electrons. The van der Waals surface area contributed by atoms with Crippen molar-refractivity contribution in [1.82, 2.24) is 4.98 Å². The maximum absolute atomic E-state index is 12.3. The van der Waals surface area contributed by atoms with Crippen LogP contribution in [0.4, 0.5) is 0 Å². The summed E-state index contributed by atoms with van der Waals surface area (Å²) < 4.78 is 30.7. The van der Waals surface area contributed by atoms with Crippen LogP contribution >= 0.6 is 11.6 Å². The predicted molar refractivity (Wildman–Crippen MR) is 127 cm³/mol. The predicted octanol–water partition coefficient (Wildman–Crippen LogP) is 6.01. The Bertz CT molecular complexity index is 1260. The van der Waals surface area contributed by atoms with Crippen LogP contribution < -0.4 is 4.74 Å². The largest absolute Gasteiger partial charge is 0.490 e. The van der Waals surface area contributed by atoms with Gasteiger partial charge in [0.15, 0.2) is 9.84 Å². The van der Waals surface area contributed by atoms with E-state index in [9.17, 15) is 8.42 Å². The van der Waals surface area contributed by atoms with E-state index in [2.05, 4.69) is 17.1 Å². The van der Waals surface area contributed by atoms with Gasteiger partial charge in [0.1, 0.15) is 5.75 Å². The van der Waals surface area contributed by atoms with Crippen LogP contribution in [-0.4, -0.2) is 25.8 Å². The number of halogens is 1. The van der Waals surface area contributed by atoms with Crippen LogP contribution in [0.15, 0.2) is 65.8 Å². The number of rotatable bonds is 8. The quantitative estimate of drug-likeness (QED) is 0.407. The molecule has 0 N–H and O–H groups in total. The Kier molecular flexibility index (Phi) is 5.50. The Hall–Kier alpha value is -2.37. The van der Waals surface area contributed by atoms with Gasteiger partial charge in [-0.05, 0) is 91.0 Å². The third-order valence-corrected chi connectivity index (χ3v) is 7.97. The van der Waals surface area contributed by atoms with Gasteiger partial charge in [-0.15, -0.1) is 0 Å². The third kappa shape index (κ3) is 4.41. The molecule has 2 fully saturated rings. The number of ether oxygens (including phenoxy) is 1. The molecule has 0 spiro atoms. The molecule has 5 rings (SSSR count). The van der Waals surface area contributed by atoms with E-state index in [0.717, 1.165) is 54.5 Å². The van der Waals surface area contributed by atoms with Gasteiger partial charge in [-0.1, -0.05) is 29.8 Å². The van der Waals surface area contributed by atoms with Gasteiger partial charge < -0.3 is 4.74 Å². The molecule has 1 aromatic heterocycles. The molecule has 166 valence electrons. The highest BCUT2D eigenvalue weighted by Crippen LogP contribution is 2.55. The summed E-state index contributed by atoms with van der Waals surface area (Å²) in [7, 11) is -3.31. The summed E-state index contributed by atoms with van der Waals surface area (Å²) in [6, 6.07) is 15.3. The number of sulfone groups is 1. The second-order valence-electron chi connectivity index (χ2n) is 9.04. The first-order chi connectivity index (χ1) is 15.4. The first-order valence-corrected chi connectivity index (χ1v) is 13.3. The molecule has 0 saturated heterocycles. The summed E-state index contributed by atoms with van der Waals surface area (Å²) in [5.74, 6) is 0.924. The van der Waals surface area contributed by atoms with E-state index in [-0.39, 0.29) is 5.41 Å². The van der Waals surface area contributed by atoms with Crippen LogP contribution in [0.1, 0.15) is 43.2 Å². The van der Waals surface area contributed by atoms with Gasteiger partial charge in [0.2, 0.25) is 0 Å². The van der Waals surface area contributed by atoms with E-state index >= 15 is 0 Å². The van der Waals surface area contributed by atoms with Gasteiger partial charge in [-0.25, -0.2) is 8.42 Å². The Balaban J connectivity index is 1.47. The molecule has 0 amide bonds. The lowest BCUT2D eigenvalue weighted by molar-refractivity contribution is 0.304. The molecule has 1 heterocycles. The zero-order chi connectivity index (χ0) is 22.3. The highest BCUT2D eigenvalue weighted by Gasteiger charge is 2.45. The molecule has 0 unspecified atom stereocenters. The van der Waals surface area contributed by atoms with Crippen LogP contribution in [0, 0.1) is 0 Å². The molecule has 32 heavy (non-hydrogen) atoms. The lowest BCUT2D eigenvalue weighted by Gasteiger charge is -2.21. The smallest absolute Gasteiger partial charge is 0.175 e. The van der Waals surface area contributed by atoms with Crippen molar-refractivity contribution in [3.05, 3.63) is 77.1 Å². The summed E-state index contributed by atoms with van der Waals surface area (Å²) in [6.07, 6.45) is 11.2. The van der Waals surface area contributed by atoms with Crippen LogP contribution in [0.3, 0.4) is 0 Å². The minimum Gasteiger partial charge on any atom is -0.490 e. The van der Waals surface area contributed by atoms with Gasteiger partial charge >= 0.3 is 0 Å². The van der Waals surface area contributed by atoms with Crippen LogP contribution in [0.25, 0.3) is 11.1 Å². The lowest BCUT2D eigenvalue weighted by Crippen LogP contribution is -2.12. The number of aromatic nitrogens is 1. The standard InChI is InChI=1S/C26H26ClNO3S/c1-32(29,30)25-9-6-19(27)16-18(25)10-12-26(13-14-26)23-17-28-15-11-21(23)22-4-2-3-5-24(22)31-20-7-8-20/h2-6,9,11,15-17,20H,7-8,10,12-14H2,1H3. The topological polar surface area (TPSA) is 56.3 Å². The maximum atomic E-state index is 12.3. The van der Waals surface area contributed by atoms with Crippen molar-refractivity contribution in [2.75, 3.05) is 6.26 Å². The van der Waals surface area contributed by atoms with E-state index in [1.165, 1.54) is 11.8 Å². The van der Waals surface area contributed by atoms with Crippen molar-refractivity contribution >= 4 is 21.4 Å². The fraction of sp³-hybridized carbons (Fsp3) is 0.346. The Morgan fingerprint density at radius 2 is 1.88 bits per heavy atom. The number of para-hydroxylation sites is 1. The van der Waals surface area contributed by atoms with Crippen LogP contribution in [-0.2, 0) is 21.7 Å². The Morgan fingerprint density at radius 3 is 2.59 bits per heavy atom. The fourth-order valence-electron chi connectivity index (χ4n) is 4.49. The molecule has 0 atom stereocenters. The third-order valence-electron chi connectivity index (χ3n) is 6.54. The van der Waals surface area contributed by atoms with E-state index in [1.54, 1.807) is 18.2 Å². The minimum absolute atomic E-state index is 0.00657. The van der Waals surface area contributed by atoms with Crippen LogP contribution in [0.2, 0.25) is 5.02 Å².